The summed E-state index contributed by atoms with van der Waals surface area (Å²) in [6.07, 6.45) is 3.81. The summed E-state index contributed by atoms with van der Waals surface area (Å²) in [7, 11) is 1.88. The summed E-state index contributed by atoms with van der Waals surface area (Å²) in [5.74, 6) is 0. The maximum atomic E-state index is 9.31. The Labute approximate surface area is 109 Å². The fraction of sp³-hybridized carbons (Fsp3) is 0.714. The lowest BCUT2D eigenvalue weighted by Crippen LogP contribution is -2.38. The van der Waals surface area contributed by atoms with Gasteiger partial charge in [0.2, 0.25) is 0 Å². The van der Waals surface area contributed by atoms with E-state index in [1.807, 2.05) is 7.05 Å². The zero-order valence-corrected chi connectivity index (χ0v) is 11.7. The van der Waals surface area contributed by atoms with E-state index < -0.39 is 0 Å². The van der Waals surface area contributed by atoms with Crippen molar-refractivity contribution < 1.29 is 0 Å². The molecule has 1 N–H and O–H groups in total. The molecular formula is C14H22N4. The number of hydrogen-bond donors (Lipinski definition) is 1. The summed E-state index contributed by atoms with van der Waals surface area (Å²) in [4.78, 5) is 0. The Morgan fingerprint density at radius 1 is 1.56 bits per heavy atom. The van der Waals surface area contributed by atoms with Crippen molar-refractivity contribution in [2.75, 3.05) is 7.05 Å². The van der Waals surface area contributed by atoms with Crippen molar-refractivity contribution in [1.29, 1.82) is 5.26 Å². The van der Waals surface area contributed by atoms with E-state index in [0.717, 1.165) is 31.4 Å². The minimum atomic E-state index is -0.358. The molecule has 0 radical (unpaired) electrons. The molecule has 98 valence electrons. The van der Waals surface area contributed by atoms with E-state index in [1.165, 1.54) is 11.3 Å². The van der Waals surface area contributed by atoms with Crippen molar-refractivity contribution in [2.24, 2.45) is 0 Å². The minimum Gasteiger partial charge on any atom is -0.302 e. The van der Waals surface area contributed by atoms with Crippen LogP contribution in [-0.2, 0) is 6.42 Å². The van der Waals surface area contributed by atoms with E-state index in [-0.39, 0.29) is 5.54 Å². The van der Waals surface area contributed by atoms with Crippen molar-refractivity contribution >= 4 is 0 Å². The van der Waals surface area contributed by atoms with Crippen molar-refractivity contribution in [3.63, 3.8) is 0 Å². The van der Waals surface area contributed by atoms with Crippen LogP contribution in [0.25, 0.3) is 0 Å². The fourth-order valence-corrected chi connectivity index (χ4v) is 3.18. The molecule has 1 aromatic heterocycles. The van der Waals surface area contributed by atoms with Crippen molar-refractivity contribution in [3.8, 4) is 6.07 Å². The fourth-order valence-electron chi connectivity index (χ4n) is 3.18. The van der Waals surface area contributed by atoms with Gasteiger partial charge in [-0.25, -0.2) is 0 Å². The molecule has 2 atom stereocenters. The van der Waals surface area contributed by atoms with Gasteiger partial charge in [-0.15, -0.1) is 0 Å². The Balaban J connectivity index is 2.28. The van der Waals surface area contributed by atoms with Crippen LogP contribution < -0.4 is 5.32 Å². The lowest BCUT2D eigenvalue weighted by molar-refractivity contribution is 0.404. The molecule has 1 aliphatic rings. The summed E-state index contributed by atoms with van der Waals surface area (Å²) >= 11 is 0. The standard InChI is InChI=1S/C14H22N4/c1-5-13-10(2)17-18(11(13)3)12-6-7-14(8-12,9-15)16-4/h12,16H,5-8H2,1-4H3. The molecule has 0 bridgehead atoms. The molecule has 4 nitrogen and oxygen atoms in total. The molecule has 18 heavy (non-hydrogen) atoms. The van der Waals surface area contributed by atoms with Crippen molar-refractivity contribution in [1.82, 2.24) is 15.1 Å². The van der Waals surface area contributed by atoms with Crippen molar-refractivity contribution in [3.05, 3.63) is 17.0 Å². The lowest BCUT2D eigenvalue weighted by Gasteiger charge is -2.20. The Kier molecular flexibility index (Phi) is 3.45. The van der Waals surface area contributed by atoms with Crippen LogP contribution in [0.4, 0.5) is 0 Å². The van der Waals surface area contributed by atoms with Gasteiger partial charge in [0.25, 0.3) is 0 Å². The number of nitriles is 1. The molecule has 0 amide bonds. The van der Waals surface area contributed by atoms with Crippen LogP contribution in [0.5, 0.6) is 0 Å². The molecule has 2 rings (SSSR count). The predicted octanol–water partition coefficient (Wildman–Crippen LogP) is 2.27. The topological polar surface area (TPSA) is 53.6 Å². The molecule has 1 heterocycles. The molecule has 0 aromatic carbocycles. The molecule has 1 aliphatic carbocycles. The third-order valence-corrected chi connectivity index (χ3v) is 4.36. The van der Waals surface area contributed by atoms with E-state index in [9.17, 15) is 5.26 Å². The maximum Gasteiger partial charge on any atom is 0.108 e. The average Bonchev–Trinajstić information content (AvgIpc) is 2.92. The molecule has 1 fully saturated rings. The second-order valence-corrected chi connectivity index (χ2v) is 5.29. The third kappa shape index (κ3) is 1.93. The second kappa shape index (κ2) is 4.74. The summed E-state index contributed by atoms with van der Waals surface area (Å²) in [5, 5.41) is 17.2. The third-order valence-electron chi connectivity index (χ3n) is 4.36. The van der Waals surface area contributed by atoms with E-state index in [0.29, 0.717) is 6.04 Å². The molecule has 0 aliphatic heterocycles. The van der Waals surface area contributed by atoms with Gasteiger partial charge in [0.15, 0.2) is 0 Å². The highest BCUT2D eigenvalue weighted by Crippen LogP contribution is 2.38. The van der Waals surface area contributed by atoms with Gasteiger partial charge in [-0.2, -0.15) is 10.4 Å². The minimum absolute atomic E-state index is 0.357. The highest BCUT2D eigenvalue weighted by atomic mass is 15.3. The Hall–Kier alpha value is -1.34. The van der Waals surface area contributed by atoms with Crippen molar-refractivity contribution in [2.45, 2.75) is 58.0 Å². The van der Waals surface area contributed by atoms with Crippen LogP contribution in [0.15, 0.2) is 0 Å². The number of aryl methyl sites for hydroxylation is 1. The number of aromatic nitrogens is 2. The first-order valence-electron chi connectivity index (χ1n) is 6.71. The lowest BCUT2D eigenvalue weighted by atomic mass is 10.00. The zero-order valence-electron chi connectivity index (χ0n) is 11.7. The Morgan fingerprint density at radius 2 is 2.28 bits per heavy atom. The van der Waals surface area contributed by atoms with Gasteiger partial charge in [0.05, 0.1) is 17.8 Å². The van der Waals surface area contributed by atoms with Crippen LogP contribution in [0.1, 0.15) is 49.2 Å². The normalized spacial score (nSPS) is 27.4. The first-order valence-corrected chi connectivity index (χ1v) is 6.71. The number of nitrogens with one attached hydrogen (secondary N) is 1. The maximum absolute atomic E-state index is 9.31. The van der Waals surface area contributed by atoms with E-state index in [2.05, 4.69) is 41.9 Å². The van der Waals surface area contributed by atoms with Crippen LogP contribution in [0, 0.1) is 25.2 Å². The van der Waals surface area contributed by atoms with Gasteiger partial charge in [-0.1, -0.05) is 6.92 Å². The smallest absolute Gasteiger partial charge is 0.108 e. The largest absolute Gasteiger partial charge is 0.302 e. The SMILES string of the molecule is CCc1c(C)nn(C2CCC(C#N)(NC)C2)c1C. The van der Waals surface area contributed by atoms with Gasteiger partial charge < -0.3 is 5.32 Å². The van der Waals surface area contributed by atoms with Gasteiger partial charge >= 0.3 is 0 Å². The van der Waals surface area contributed by atoms with E-state index >= 15 is 0 Å². The Morgan fingerprint density at radius 3 is 2.72 bits per heavy atom. The molecular weight excluding hydrogens is 224 g/mol. The quantitative estimate of drug-likeness (QED) is 0.890. The summed E-state index contributed by atoms with van der Waals surface area (Å²) in [6, 6.07) is 2.79. The van der Waals surface area contributed by atoms with Gasteiger partial charge in [-0.3, -0.25) is 4.68 Å². The molecule has 0 spiro atoms. The van der Waals surface area contributed by atoms with Gasteiger partial charge in [-0.05, 0) is 45.7 Å². The van der Waals surface area contributed by atoms with Crippen LogP contribution in [0.2, 0.25) is 0 Å². The number of nitrogens with zero attached hydrogens (tertiary/aromatic N) is 3. The highest BCUT2D eigenvalue weighted by molar-refractivity contribution is 5.25. The molecule has 1 saturated carbocycles. The van der Waals surface area contributed by atoms with Gasteiger partial charge in [0, 0.05) is 12.1 Å². The van der Waals surface area contributed by atoms with Gasteiger partial charge in [0.1, 0.15) is 5.54 Å². The summed E-state index contributed by atoms with van der Waals surface area (Å²) < 4.78 is 2.14. The second-order valence-electron chi connectivity index (χ2n) is 5.29. The first kappa shape index (κ1) is 13.1. The summed E-state index contributed by atoms with van der Waals surface area (Å²) in [5.41, 5.74) is 3.40. The molecule has 2 unspecified atom stereocenters. The highest BCUT2D eigenvalue weighted by Gasteiger charge is 2.39. The van der Waals surface area contributed by atoms with E-state index in [1.54, 1.807) is 0 Å². The molecule has 1 aromatic rings. The van der Waals surface area contributed by atoms with E-state index in [4.69, 9.17) is 0 Å². The summed E-state index contributed by atoms with van der Waals surface area (Å²) in [6.45, 7) is 6.39. The number of rotatable bonds is 3. The van der Waals surface area contributed by atoms with Crippen LogP contribution in [0.3, 0.4) is 0 Å². The van der Waals surface area contributed by atoms with Crippen LogP contribution in [-0.4, -0.2) is 22.4 Å². The number of hydrogen-bond acceptors (Lipinski definition) is 3. The Bertz CT molecular complexity index is 483. The predicted molar refractivity (Wildman–Crippen MR) is 71.4 cm³/mol. The first-order chi connectivity index (χ1) is 8.56. The molecule has 0 saturated heterocycles. The average molecular weight is 246 g/mol. The van der Waals surface area contributed by atoms with Crippen LogP contribution >= 0.6 is 0 Å². The zero-order chi connectivity index (χ0) is 13.3. The monoisotopic (exact) mass is 246 g/mol. The molecule has 4 heteroatoms.